The van der Waals surface area contributed by atoms with Crippen molar-refractivity contribution < 1.29 is 8.78 Å². The molecule has 0 aliphatic rings. The van der Waals surface area contributed by atoms with E-state index in [4.69, 9.17) is 0 Å². The summed E-state index contributed by atoms with van der Waals surface area (Å²) in [6.07, 6.45) is 0. The molecule has 0 aliphatic heterocycles. The topological polar surface area (TPSA) is 12.9 Å². The van der Waals surface area contributed by atoms with Crippen molar-refractivity contribution in [2.75, 3.05) is 0 Å². The Hall–Kier alpha value is -1.42. The fourth-order valence-corrected chi connectivity index (χ4v) is 1.86. The Morgan fingerprint density at radius 2 is 1.67 bits per heavy atom. The molecule has 2 rings (SSSR count). The SMILES string of the molecule is Fc1ccc(Sc2cccc(F)n2)cc1. The maximum Gasteiger partial charge on any atom is 0.213 e. The van der Waals surface area contributed by atoms with E-state index in [1.807, 2.05) is 0 Å². The van der Waals surface area contributed by atoms with Crippen LogP contribution in [0.1, 0.15) is 0 Å². The molecule has 0 spiro atoms. The minimum absolute atomic E-state index is 0.286. The van der Waals surface area contributed by atoms with Gasteiger partial charge >= 0.3 is 0 Å². The largest absolute Gasteiger partial charge is 0.213 e. The Kier molecular flexibility index (Phi) is 2.97. The van der Waals surface area contributed by atoms with E-state index in [1.54, 1.807) is 24.3 Å². The Labute approximate surface area is 90.2 Å². The van der Waals surface area contributed by atoms with E-state index in [-0.39, 0.29) is 5.82 Å². The second-order valence-electron chi connectivity index (χ2n) is 2.85. The minimum Gasteiger partial charge on any atom is -0.213 e. The summed E-state index contributed by atoms with van der Waals surface area (Å²) in [4.78, 5) is 4.52. The number of pyridine rings is 1. The van der Waals surface area contributed by atoms with E-state index in [2.05, 4.69) is 4.98 Å². The van der Waals surface area contributed by atoms with Gasteiger partial charge < -0.3 is 0 Å². The molecule has 2 aromatic rings. The van der Waals surface area contributed by atoms with E-state index in [9.17, 15) is 8.78 Å². The molecule has 0 unspecified atom stereocenters. The van der Waals surface area contributed by atoms with Gasteiger partial charge in [0.1, 0.15) is 10.8 Å². The van der Waals surface area contributed by atoms with Gasteiger partial charge in [-0.3, -0.25) is 0 Å². The molecule has 0 amide bonds. The summed E-state index contributed by atoms with van der Waals surface area (Å²) in [5, 5.41) is 0.557. The number of aromatic nitrogens is 1. The van der Waals surface area contributed by atoms with E-state index < -0.39 is 5.95 Å². The van der Waals surface area contributed by atoms with Crippen LogP contribution in [0.5, 0.6) is 0 Å². The average Bonchev–Trinajstić information content (AvgIpc) is 2.22. The van der Waals surface area contributed by atoms with Crippen LogP contribution in [0.3, 0.4) is 0 Å². The van der Waals surface area contributed by atoms with E-state index in [0.29, 0.717) is 5.03 Å². The first-order valence-electron chi connectivity index (χ1n) is 4.30. The standard InChI is InChI=1S/C11H7F2NS/c12-8-4-6-9(7-5-8)15-11-3-1-2-10(13)14-11/h1-7H. The molecule has 15 heavy (non-hydrogen) atoms. The summed E-state index contributed by atoms with van der Waals surface area (Å²) in [7, 11) is 0. The van der Waals surface area contributed by atoms with Gasteiger partial charge in [-0.15, -0.1) is 0 Å². The van der Waals surface area contributed by atoms with Crippen LogP contribution in [0.25, 0.3) is 0 Å². The zero-order chi connectivity index (χ0) is 10.7. The molecule has 76 valence electrons. The van der Waals surface area contributed by atoms with Gasteiger partial charge in [0.05, 0.1) is 0 Å². The number of rotatable bonds is 2. The lowest BCUT2D eigenvalue weighted by Gasteiger charge is -2.00. The van der Waals surface area contributed by atoms with Gasteiger partial charge in [0.15, 0.2) is 0 Å². The van der Waals surface area contributed by atoms with Crippen LogP contribution in [0.4, 0.5) is 8.78 Å². The maximum absolute atomic E-state index is 12.7. The Morgan fingerprint density at radius 1 is 0.933 bits per heavy atom. The van der Waals surface area contributed by atoms with Crippen molar-refractivity contribution in [1.82, 2.24) is 4.98 Å². The first-order chi connectivity index (χ1) is 7.24. The third-order valence-electron chi connectivity index (χ3n) is 1.73. The summed E-state index contributed by atoms with van der Waals surface area (Å²) < 4.78 is 25.4. The van der Waals surface area contributed by atoms with Crippen LogP contribution < -0.4 is 0 Å². The molecule has 0 saturated heterocycles. The molecule has 1 aromatic carbocycles. The normalized spacial score (nSPS) is 10.3. The number of nitrogens with zero attached hydrogens (tertiary/aromatic N) is 1. The zero-order valence-corrected chi connectivity index (χ0v) is 8.47. The summed E-state index contributed by atoms with van der Waals surface area (Å²) in [6.45, 7) is 0. The minimum atomic E-state index is -0.512. The Morgan fingerprint density at radius 3 is 2.33 bits per heavy atom. The second kappa shape index (κ2) is 4.40. The van der Waals surface area contributed by atoms with Crippen molar-refractivity contribution in [1.29, 1.82) is 0 Å². The lowest BCUT2D eigenvalue weighted by Crippen LogP contribution is -1.84. The van der Waals surface area contributed by atoms with Crippen LogP contribution in [0, 0.1) is 11.8 Å². The molecule has 0 saturated carbocycles. The molecule has 1 heterocycles. The van der Waals surface area contributed by atoms with Crippen LogP contribution in [0.2, 0.25) is 0 Å². The molecule has 1 aromatic heterocycles. The van der Waals surface area contributed by atoms with Gasteiger partial charge in [0.2, 0.25) is 5.95 Å². The molecule has 0 fully saturated rings. The molecule has 4 heteroatoms. The van der Waals surface area contributed by atoms with Gasteiger partial charge in [0.25, 0.3) is 0 Å². The molecular formula is C11H7F2NS. The lowest BCUT2D eigenvalue weighted by molar-refractivity contribution is 0.572. The third kappa shape index (κ3) is 2.76. The van der Waals surface area contributed by atoms with Crippen molar-refractivity contribution in [3.8, 4) is 0 Å². The van der Waals surface area contributed by atoms with Crippen molar-refractivity contribution in [3.05, 3.63) is 54.2 Å². The quantitative estimate of drug-likeness (QED) is 0.722. The molecule has 0 aliphatic carbocycles. The highest BCUT2D eigenvalue weighted by Crippen LogP contribution is 2.25. The highest BCUT2D eigenvalue weighted by atomic mass is 32.2. The van der Waals surface area contributed by atoms with E-state index >= 15 is 0 Å². The summed E-state index contributed by atoms with van der Waals surface area (Å²) >= 11 is 1.29. The van der Waals surface area contributed by atoms with E-state index in [1.165, 1.54) is 30.0 Å². The smallest absolute Gasteiger partial charge is 0.213 e. The molecule has 0 radical (unpaired) electrons. The molecule has 1 nitrogen and oxygen atoms in total. The molecular weight excluding hydrogens is 216 g/mol. The highest BCUT2D eigenvalue weighted by Gasteiger charge is 2.00. The van der Waals surface area contributed by atoms with Crippen LogP contribution in [0.15, 0.2) is 52.4 Å². The molecule has 0 atom stereocenters. The average molecular weight is 223 g/mol. The van der Waals surface area contributed by atoms with E-state index in [0.717, 1.165) is 4.90 Å². The predicted molar refractivity (Wildman–Crippen MR) is 54.7 cm³/mol. The second-order valence-corrected chi connectivity index (χ2v) is 3.95. The summed E-state index contributed by atoms with van der Waals surface area (Å²) in [5.74, 6) is -0.798. The van der Waals surface area contributed by atoms with Crippen LogP contribution in [-0.2, 0) is 0 Å². The van der Waals surface area contributed by atoms with Gasteiger partial charge in [-0.2, -0.15) is 4.39 Å². The number of hydrogen-bond donors (Lipinski definition) is 0. The van der Waals surface area contributed by atoms with Crippen molar-refractivity contribution in [3.63, 3.8) is 0 Å². The summed E-state index contributed by atoms with van der Waals surface area (Å²) in [5.41, 5.74) is 0. The molecule has 0 N–H and O–H groups in total. The predicted octanol–water partition coefficient (Wildman–Crippen LogP) is 3.51. The van der Waals surface area contributed by atoms with Gasteiger partial charge in [-0.1, -0.05) is 17.8 Å². The van der Waals surface area contributed by atoms with Gasteiger partial charge in [-0.25, -0.2) is 9.37 Å². The van der Waals surface area contributed by atoms with Gasteiger partial charge in [-0.05, 0) is 36.4 Å². The fourth-order valence-electron chi connectivity index (χ4n) is 1.07. The Balaban J connectivity index is 2.18. The summed E-state index contributed by atoms with van der Waals surface area (Å²) in [6, 6.07) is 10.6. The monoisotopic (exact) mass is 223 g/mol. The molecule has 0 bridgehead atoms. The van der Waals surface area contributed by atoms with Crippen LogP contribution >= 0.6 is 11.8 Å². The zero-order valence-electron chi connectivity index (χ0n) is 7.65. The Bertz CT molecular complexity index is 456. The number of hydrogen-bond acceptors (Lipinski definition) is 2. The van der Waals surface area contributed by atoms with Crippen molar-refractivity contribution in [2.24, 2.45) is 0 Å². The highest BCUT2D eigenvalue weighted by molar-refractivity contribution is 7.99. The maximum atomic E-state index is 12.7. The van der Waals surface area contributed by atoms with Crippen molar-refractivity contribution >= 4 is 11.8 Å². The third-order valence-corrected chi connectivity index (χ3v) is 2.67. The van der Waals surface area contributed by atoms with Gasteiger partial charge in [0, 0.05) is 4.90 Å². The van der Waals surface area contributed by atoms with Crippen molar-refractivity contribution in [2.45, 2.75) is 9.92 Å². The number of halogens is 2. The fraction of sp³-hybridized carbons (Fsp3) is 0. The van der Waals surface area contributed by atoms with Crippen LogP contribution in [-0.4, -0.2) is 4.98 Å². The first kappa shape index (κ1) is 10.1. The number of benzene rings is 1. The lowest BCUT2D eigenvalue weighted by atomic mass is 10.4. The first-order valence-corrected chi connectivity index (χ1v) is 5.12.